The zero-order valence-electron chi connectivity index (χ0n) is 8.06. The first-order chi connectivity index (χ1) is 7.15. The summed E-state index contributed by atoms with van der Waals surface area (Å²) in [5, 5.41) is 2.86. The fraction of sp³-hybridized carbons (Fsp3) is 0.500. The molecule has 1 N–H and O–H groups in total. The van der Waals surface area contributed by atoms with Crippen LogP contribution in [-0.4, -0.2) is 17.4 Å². The molecule has 1 aromatic heterocycles. The number of nitrogens with one attached hydrogen (secondary N) is 1. The van der Waals surface area contributed by atoms with Crippen molar-refractivity contribution in [1.29, 1.82) is 0 Å². The van der Waals surface area contributed by atoms with Crippen LogP contribution >= 0.6 is 11.6 Å². The van der Waals surface area contributed by atoms with Gasteiger partial charge in [0, 0.05) is 23.9 Å². The lowest BCUT2D eigenvalue weighted by Gasteiger charge is -2.13. The Labute approximate surface area is 91.7 Å². The monoisotopic (exact) mass is 232 g/mol. The van der Waals surface area contributed by atoms with Crippen molar-refractivity contribution in [1.82, 2.24) is 4.98 Å². The highest BCUT2D eigenvalue weighted by molar-refractivity contribution is 6.18. The summed E-state index contributed by atoms with van der Waals surface area (Å²) < 4.78 is 25.7. The zero-order chi connectivity index (χ0) is 10.9. The van der Waals surface area contributed by atoms with E-state index in [9.17, 15) is 8.78 Å². The van der Waals surface area contributed by atoms with Crippen LogP contribution in [0.25, 0.3) is 0 Å². The summed E-state index contributed by atoms with van der Waals surface area (Å²) in [5.74, 6) is -0.687. The number of aromatic nitrogens is 1. The van der Waals surface area contributed by atoms with Gasteiger partial charge in [0.2, 0.25) is 0 Å². The maximum atomic E-state index is 13.2. The molecular weight excluding hydrogens is 222 g/mol. The van der Waals surface area contributed by atoms with Crippen molar-refractivity contribution < 1.29 is 8.78 Å². The molecule has 1 aliphatic rings. The van der Waals surface area contributed by atoms with Gasteiger partial charge in [0.15, 0.2) is 11.6 Å². The lowest BCUT2D eigenvalue weighted by atomic mass is 10.1. The molecule has 1 aliphatic carbocycles. The predicted molar refractivity (Wildman–Crippen MR) is 55.0 cm³/mol. The van der Waals surface area contributed by atoms with E-state index >= 15 is 0 Å². The van der Waals surface area contributed by atoms with Gasteiger partial charge in [-0.15, -0.1) is 11.6 Å². The maximum absolute atomic E-state index is 13.2. The summed E-state index contributed by atoms with van der Waals surface area (Å²) in [6, 6.07) is 0.815. The summed E-state index contributed by atoms with van der Waals surface area (Å²) >= 11 is 5.77. The van der Waals surface area contributed by atoms with E-state index in [-0.39, 0.29) is 11.2 Å². The summed E-state index contributed by atoms with van der Waals surface area (Å²) in [6.07, 6.45) is 3.09. The third kappa shape index (κ3) is 2.37. The van der Waals surface area contributed by atoms with Crippen molar-refractivity contribution in [3.63, 3.8) is 0 Å². The van der Waals surface area contributed by atoms with Gasteiger partial charge >= 0.3 is 0 Å². The number of nitrogens with zero attached hydrogens (tertiary/aromatic N) is 1. The van der Waals surface area contributed by atoms with Crippen molar-refractivity contribution >= 4 is 17.4 Å². The molecule has 1 fully saturated rings. The van der Waals surface area contributed by atoms with E-state index in [1.54, 1.807) is 0 Å². The van der Waals surface area contributed by atoms with Gasteiger partial charge in [-0.25, -0.2) is 13.8 Å². The topological polar surface area (TPSA) is 24.9 Å². The number of rotatable bonds is 4. The van der Waals surface area contributed by atoms with E-state index < -0.39 is 11.6 Å². The highest BCUT2D eigenvalue weighted by Crippen LogP contribution is 2.46. The first-order valence-electron chi connectivity index (χ1n) is 4.76. The van der Waals surface area contributed by atoms with E-state index in [1.165, 1.54) is 0 Å². The molecule has 1 saturated carbocycles. The summed E-state index contributed by atoms with van der Waals surface area (Å²) in [4.78, 5) is 3.64. The van der Waals surface area contributed by atoms with Gasteiger partial charge < -0.3 is 5.32 Å². The van der Waals surface area contributed by atoms with Crippen LogP contribution in [0.3, 0.4) is 0 Å². The summed E-state index contributed by atoms with van der Waals surface area (Å²) in [5.41, 5.74) is 0.0874. The summed E-state index contributed by atoms with van der Waals surface area (Å²) in [6.45, 7) is 0.589. The smallest absolute Gasteiger partial charge is 0.168 e. The van der Waals surface area contributed by atoms with Crippen LogP contribution in [0.2, 0.25) is 0 Å². The van der Waals surface area contributed by atoms with Crippen LogP contribution in [0.4, 0.5) is 14.6 Å². The zero-order valence-corrected chi connectivity index (χ0v) is 8.82. The maximum Gasteiger partial charge on any atom is 0.168 e. The SMILES string of the molecule is Fc1cnc(NCC2(CCl)CC2)c(F)c1. The normalized spacial score (nSPS) is 17.5. The molecule has 0 radical (unpaired) electrons. The lowest BCUT2D eigenvalue weighted by molar-refractivity contribution is 0.568. The molecular formula is C10H11ClF2N2. The molecule has 0 aromatic carbocycles. The largest absolute Gasteiger partial charge is 0.367 e. The predicted octanol–water partition coefficient (Wildman–Crippen LogP) is 2.79. The van der Waals surface area contributed by atoms with Gasteiger partial charge in [-0.05, 0) is 12.8 Å². The Morgan fingerprint density at radius 3 is 2.73 bits per heavy atom. The van der Waals surface area contributed by atoms with Crippen LogP contribution in [0, 0.1) is 17.0 Å². The van der Waals surface area contributed by atoms with Gasteiger partial charge in [-0.3, -0.25) is 0 Å². The fourth-order valence-corrected chi connectivity index (χ4v) is 1.71. The van der Waals surface area contributed by atoms with Crippen LogP contribution in [-0.2, 0) is 0 Å². The molecule has 1 heterocycles. The average Bonchev–Trinajstić information content (AvgIpc) is 2.97. The Hall–Kier alpha value is -0.900. The third-order valence-electron chi connectivity index (χ3n) is 2.68. The Balaban J connectivity index is 1.99. The Bertz CT molecular complexity index is 366. The van der Waals surface area contributed by atoms with Crippen molar-refractivity contribution in [3.8, 4) is 0 Å². The third-order valence-corrected chi connectivity index (χ3v) is 3.25. The lowest BCUT2D eigenvalue weighted by Crippen LogP contribution is -2.18. The number of anilines is 1. The quantitative estimate of drug-likeness (QED) is 0.808. The molecule has 0 aliphatic heterocycles. The van der Waals surface area contributed by atoms with E-state index in [4.69, 9.17) is 11.6 Å². The molecule has 2 nitrogen and oxygen atoms in total. The van der Waals surface area contributed by atoms with E-state index in [0.29, 0.717) is 12.4 Å². The second-order valence-corrected chi connectivity index (χ2v) is 4.24. The average molecular weight is 233 g/mol. The second kappa shape index (κ2) is 3.93. The van der Waals surface area contributed by atoms with Gasteiger partial charge in [-0.2, -0.15) is 0 Å². The van der Waals surface area contributed by atoms with E-state index in [2.05, 4.69) is 10.3 Å². The van der Waals surface area contributed by atoms with Crippen LogP contribution in [0.1, 0.15) is 12.8 Å². The molecule has 0 amide bonds. The first kappa shape index (κ1) is 10.6. The molecule has 2 rings (SSSR count). The molecule has 15 heavy (non-hydrogen) atoms. The molecule has 0 unspecified atom stereocenters. The van der Waals surface area contributed by atoms with Crippen LogP contribution in [0.15, 0.2) is 12.3 Å². The minimum atomic E-state index is -0.670. The fourth-order valence-electron chi connectivity index (χ4n) is 1.35. The number of alkyl halides is 1. The van der Waals surface area contributed by atoms with Crippen molar-refractivity contribution in [2.45, 2.75) is 12.8 Å². The van der Waals surface area contributed by atoms with Gasteiger partial charge in [0.1, 0.15) is 5.82 Å². The molecule has 0 saturated heterocycles. The standard InChI is InChI=1S/C10H11ClF2N2/c11-5-10(1-2-10)6-15-9-8(13)3-7(12)4-14-9/h3-4H,1-2,5-6H2,(H,14,15). The van der Waals surface area contributed by atoms with E-state index in [1.807, 2.05) is 0 Å². The molecule has 82 valence electrons. The highest BCUT2D eigenvalue weighted by atomic mass is 35.5. The second-order valence-electron chi connectivity index (χ2n) is 3.97. The molecule has 5 heteroatoms. The van der Waals surface area contributed by atoms with Gasteiger partial charge in [0.05, 0.1) is 6.20 Å². The van der Waals surface area contributed by atoms with E-state index in [0.717, 1.165) is 25.1 Å². The Kier molecular flexibility index (Phi) is 2.78. The summed E-state index contributed by atoms with van der Waals surface area (Å²) in [7, 11) is 0. The van der Waals surface area contributed by atoms with Gasteiger partial charge in [-0.1, -0.05) is 0 Å². The Morgan fingerprint density at radius 2 is 2.20 bits per heavy atom. The van der Waals surface area contributed by atoms with Crippen molar-refractivity contribution in [2.24, 2.45) is 5.41 Å². The number of halogens is 3. The number of pyridine rings is 1. The first-order valence-corrected chi connectivity index (χ1v) is 5.30. The number of hydrogen-bond donors (Lipinski definition) is 1. The minimum Gasteiger partial charge on any atom is -0.367 e. The van der Waals surface area contributed by atoms with Crippen molar-refractivity contribution in [2.75, 3.05) is 17.7 Å². The van der Waals surface area contributed by atoms with Crippen molar-refractivity contribution in [3.05, 3.63) is 23.9 Å². The van der Waals surface area contributed by atoms with Crippen LogP contribution < -0.4 is 5.32 Å². The Morgan fingerprint density at radius 1 is 1.47 bits per heavy atom. The molecule has 0 bridgehead atoms. The van der Waals surface area contributed by atoms with Gasteiger partial charge in [0.25, 0.3) is 0 Å². The molecule has 1 aromatic rings. The van der Waals surface area contributed by atoms with Crippen LogP contribution in [0.5, 0.6) is 0 Å². The molecule has 0 atom stereocenters. The number of hydrogen-bond acceptors (Lipinski definition) is 2. The molecule has 0 spiro atoms. The minimum absolute atomic E-state index is 0.0874. The highest BCUT2D eigenvalue weighted by Gasteiger charge is 2.41.